The van der Waals surface area contributed by atoms with Crippen LogP contribution in [0.2, 0.25) is 0 Å². The molecule has 1 fully saturated rings. The van der Waals surface area contributed by atoms with E-state index in [4.69, 9.17) is 4.74 Å². The van der Waals surface area contributed by atoms with Crippen LogP contribution in [0.3, 0.4) is 0 Å². The van der Waals surface area contributed by atoms with Gasteiger partial charge in [-0.25, -0.2) is 0 Å². The van der Waals surface area contributed by atoms with Crippen molar-refractivity contribution in [2.45, 2.75) is 64.5 Å². The summed E-state index contributed by atoms with van der Waals surface area (Å²) in [6.45, 7) is 3.61. The predicted molar refractivity (Wildman–Crippen MR) is 117 cm³/mol. The molecule has 1 aliphatic carbocycles. The first kappa shape index (κ1) is 23.3. The molecule has 1 aliphatic rings. The van der Waals surface area contributed by atoms with Gasteiger partial charge in [0.15, 0.2) is 6.10 Å². The molecule has 1 atom stereocenters. The Morgan fingerprint density at radius 3 is 2.41 bits per heavy atom. The standard InChI is InChI=1S/C22H32N2O4S/c1-4-17-10-12-18(13-11-17)23-22(27)16(2)28-21(26)15-29-14-20(25)24(3)19-8-6-5-7-9-19/h10-13,16,19H,4-9,14-15H2,1-3H3,(H,23,27)/t16-/m1/s1. The van der Waals surface area contributed by atoms with Gasteiger partial charge in [0.05, 0.1) is 11.5 Å². The number of nitrogens with zero attached hydrogens (tertiary/aromatic N) is 1. The lowest BCUT2D eigenvalue weighted by Crippen LogP contribution is -2.39. The largest absolute Gasteiger partial charge is 0.452 e. The third kappa shape index (κ3) is 7.72. The first-order chi connectivity index (χ1) is 13.9. The van der Waals surface area contributed by atoms with Crippen molar-refractivity contribution in [2.24, 2.45) is 0 Å². The molecule has 0 spiro atoms. The Bertz CT molecular complexity index is 687. The monoisotopic (exact) mass is 420 g/mol. The van der Waals surface area contributed by atoms with Crippen molar-refractivity contribution in [3.05, 3.63) is 29.8 Å². The molecule has 7 heteroatoms. The zero-order valence-electron chi connectivity index (χ0n) is 17.6. The predicted octanol–water partition coefficient (Wildman–Crippen LogP) is 3.64. The number of hydrogen-bond acceptors (Lipinski definition) is 5. The van der Waals surface area contributed by atoms with E-state index in [-0.39, 0.29) is 23.3 Å². The fourth-order valence-corrected chi connectivity index (χ4v) is 4.06. The Kier molecular flexibility index (Phi) is 9.51. The van der Waals surface area contributed by atoms with E-state index in [2.05, 4.69) is 12.2 Å². The van der Waals surface area contributed by atoms with E-state index >= 15 is 0 Å². The lowest BCUT2D eigenvalue weighted by molar-refractivity contribution is -0.150. The van der Waals surface area contributed by atoms with Crippen LogP contribution in [-0.2, 0) is 25.5 Å². The number of anilines is 1. The van der Waals surface area contributed by atoms with Gasteiger partial charge in [-0.1, -0.05) is 38.3 Å². The topological polar surface area (TPSA) is 75.7 Å². The summed E-state index contributed by atoms with van der Waals surface area (Å²) in [7, 11) is 1.84. The lowest BCUT2D eigenvalue weighted by atomic mass is 9.94. The van der Waals surface area contributed by atoms with Gasteiger partial charge in [0.1, 0.15) is 0 Å². The quantitative estimate of drug-likeness (QED) is 0.617. The van der Waals surface area contributed by atoms with Gasteiger partial charge in [0.2, 0.25) is 5.91 Å². The fraction of sp³-hybridized carbons (Fsp3) is 0.591. The van der Waals surface area contributed by atoms with E-state index in [1.165, 1.54) is 36.6 Å². The molecule has 0 unspecified atom stereocenters. The molecule has 0 saturated heterocycles. The summed E-state index contributed by atoms with van der Waals surface area (Å²) in [6, 6.07) is 7.87. The van der Waals surface area contributed by atoms with Crippen molar-refractivity contribution >= 4 is 35.2 Å². The summed E-state index contributed by atoms with van der Waals surface area (Å²) in [5.74, 6) is -0.539. The van der Waals surface area contributed by atoms with Crippen LogP contribution >= 0.6 is 11.8 Å². The second-order valence-electron chi connectivity index (χ2n) is 7.46. The number of aryl methyl sites for hydroxylation is 1. The molecule has 2 rings (SSSR count). The maximum atomic E-state index is 12.3. The van der Waals surface area contributed by atoms with Crippen LogP contribution in [0.15, 0.2) is 24.3 Å². The number of amides is 2. The van der Waals surface area contributed by atoms with Crippen LogP contribution in [-0.4, -0.2) is 53.4 Å². The number of carbonyl (C=O) groups excluding carboxylic acids is 3. The lowest BCUT2D eigenvalue weighted by Gasteiger charge is -2.31. The number of benzene rings is 1. The van der Waals surface area contributed by atoms with E-state index in [0.29, 0.717) is 11.7 Å². The molecule has 160 valence electrons. The SMILES string of the molecule is CCc1ccc(NC(=O)[C@@H](C)OC(=O)CSCC(=O)N(C)C2CCCCC2)cc1. The molecule has 1 aromatic rings. The Hall–Kier alpha value is -2.02. The number of nitrogens with one attached hydrogen (secondary N) is 1. The zero-order valence-corrected chi connectivity index (χ0v) is 18.4. The fourth-order valence-electron chi connectivity index (χ4n) is 3.35. The molecule has 0 aromatic heterocycles. The van der Waals surface area contributed by atoms with E-state index in [9.17, 15) is 14.4 Å². The number of thioether (sulfide) groups is 1. The minimum atomic E-state index is -0.894. The number of esters is 1. The van der Waals surface area contributed by atoms with Crippen molar-refractivity contribution in [2.75, 3.05) is 23.9 Å². The van der Waals surface area contributed by atoms with Crippen LogP contribution in [0.25, 0.3) is 0 Å². The van der Waals surface area contributed by atoms with Gasteiger partial charge in [-0.15, -0.1) is 11.8 Å². The van der Waals surface area contributed by atoms with Gasteiger partial charge >= 0.3 is 5.97 Å². The van der Waals surface area contributed by atoms with Gasteiger partial charge in [-0.3, -0.25) is 14.4 Å². The first-order valence-corrected chi connectivity index (χ1v) is 11.5. The summed E-state index contributed by atoms with van der Waals surface area (Å²) in [5.41, 5.74) is 1.85. The summed E-state index contributed by atoms with van der Waals surface area (Å²) in [6.07, 6.45) is 5.74. The summed E-state index contributed by atoms with van der Waals surface area (Å²) >= 11 is 1.23. The second kappa shape index (κ2) is 11.9. The molecule has 29 heavy (non-hydrogen) atoms. The molecular weight excluding hydrogens is 388 g/mol. The molecule has 0 heterocycles. The second-order valence-corrected chi connectivity index (χ2v) is 8.45. The van der Waals surface area contributed by atoms with E-state index in [1.54, 1.807) is 6.92 Å². The Morgan fingerprint density at radius 2 is 1.79 bits per heavy atom. The summed E-state index contributed by atoms with van der Waals surface area (Å²) < 4.78 is 5.19. The van der Waals surface area contributed by atoms with Crippen molar-refractivity contribution < 1.29 is 19.1 Å². The number of ether oxygens (including phenoxy) is 1. The number of carbonyl (C=O) groups is 3. The smallest absolute Gasteiger partial charge is 0.316 e. The summed E-state index contributed by atoms with van der Waals surface area (Å²) in [5, 5.41) is 2.74. The Labute approximate surface area is 177 Å². The minimum Gasteiger partial charge on any atom is -0.452 e. The van der Waals surface area contributed by atoms with Gasteiger partial charge in [-0.05, 0) is 43.9 Å². The molecule has 6 nitrogen and oxygen atoms in total. The van der Waals surface area contributed by atoms with Crippen LogP contribution in [0.1, 0.15) is 51.5 Å². The highest BCUT2D eigenvalue weighted by molar-refractivity contribution is 8.00. The highest BCUT2D eigenvalue weighted by atomic mass is 32.2. The molecule has 1 aromatic carbocycles. The highest BCUT2D eigenvalue weighted by Crippen LogP contribution is 2.22. The minimum absolute atomic E-state index is 0.0380. The third-order valence-corrected chi connectivity index (χ3v) is 6.16. The van der Waals surface area contributed by atoms with Gasteiger partial charge in [-0.2, -0.15) is 0 Å². The maximum Gasteiger partial charge on any atom is 0.316 e. The molecule has 0 radical (unpaired) electrons. The highest BCUT2D eigenvalue weighted by Gasteiger charge is 2.23. The van der Waals surface area contributed by atoms with Crippen LogP contribution in [0.4, 0.5) is 5.69 Å². The van der Waals surface area contributed by atoms with Crippen molar-refractivity contribution in [3.8, 4) is 0 Å². The van der Waals surface area contributed by atoms with Crippen LogP contribution in [0.5, 0.6) is 0 Å². The molecule has 1 N–H and O–H groups in total. The van der Waals surface area contributed by atoms with Gasteiger partial charge in [0.25, 0.3) is 5.91 Å². The molecule has 0 aliphatic heterocycles. The van der Waals surface area contributed by atoms with Gasteiger partial charge < -0.3 is 15.0 Å². The molecule has 2 amide bonds. The van der Waals surface area contributed by atoms with Crippen molar-refractivity contribution in [3.63, 3.8) is 0 Å². The molecule has 0 bridgehead atoms. The van der Waals surface area contributed by atoms with E-state index in [0.717, 1.165) is 19.3 Å². The zero-order chi connectivity index (χ0) is 21.2. The van der Waals surface area contributed by atoms with Crippen LogP contribution in [0, 0.1) is 0 Å². The first-order valence-electron chi connectivity index (χ1n) is 10.3. The van der Waals surface area contributed by atoms with Crippen LogP contribution < -0.4 is 5.32 Å². The average Bonchev–Trinajstić information content (AvgIpc) is 2.74. The van der Waals surface area contributed by atoms with Crippen molar-refractivity contribution in [1.82, 2.24) is 4.90 Å². The van der Waals surface area contributed by atoms with Gasteiger partial charge in [0, 0.05) is 18.8 Å². The maximum absolute atomic E-state index is 12.3. The normalized spacial score (nSPS) is 15.4. The van der Waals surface area contributed by atoms with E-state index < -0.39 is 12.1 Å². The summed E-state index contributed by atoms with van der Waals surface area (Å²) in [4.78, 5) is 38.3. The van der Waals surface area contributed by atoms with Crippen molar-refractivity contribution in [1.29, 1.82) is 0 Å². The molecular formula is C22H32N2O4S. The van der Waals surface area contributed by atoms with E-state index in [1.807, 2.05) is 36.2 Å². The average molecular weight is 421 g/mol. The number of rotatable bonds is 9. The number of hydrogen-bond donors (Lipinski definition) is 1. The Balaban J connectivity index is 1.67. The molecule has 1 saturated carbocycles. The Morgan fingerprint density at radius 1 is 1.14 bits per heavy atom. The third-order valence-electron chi connectivity index (χ3n) is 5.27.